The van der Waals surface area contributed by atoms with Gasteiger partial charge in [0, 0.05) is 0 Å². The Balaban J connectivity index is 2.68. The summed E-state index contributed by atoms with van der Waals surface area (Å²) in [6, 6.07) is 0. The number of aromatic nitrogens is 2. The molecular weight excluding hydrogens is 277 g/mol. The van der Waals surface area contributed by atoms with Crippen LogP contribution in [0.1, 0.15) is 0 Å². The summed E-state index contributed by atoms with van der Waals surface area (Å²) in [4.78, 5) is 25.8. The summed E-state index contributed by atoms with van der Waals surface area (Å²) < 4.78 is 15.2. The lowest BCUT2D eigenvalue weighted by molar-refractivity contribution is -0.383. The van der Waals surface area contributed by atoms with E-state index in [4.69, 9.17) is 15.4 Å². The minimum atomic E-state index is -2.43. The van der Waals surface area contributed by atoms with Gasteiger partial charge in [-0.05, 0) is 4.57 Å². The molecule has 102 valence electrons. The molecule has 0 aliphatic rings. The molecule has 0 aliphatic carbocycles. The number of nitro groups is 1. The van der Waals surface area contributed by atoms with E-state index in [0.717, 1.165) is 6.33 Å². The molecule has 1 aromatic rings. The van der Waals surface area contributed by atoms with Crippen molar-refractivity contribution in [3.8, 4) is 0 Å². The molecular formula is C8H11N5O5P+. The van der Waals surface area contributed by atoms with E-state index < -0.39 is 25.0 Å². The highest BCUT2D eigenvalue weighted by Gasteiger charge is 2.21. The van der Waals surface area contributed by atoms with Crippen LogP contribution in [0.2, 0.25) is 0 Å². The second kappa shape index (κ2) is 6.57. The summed E-state index contributed by atoms with van der Waals surface area (Å²) in [6.45, 7) is 3.44. The maximum Gasteiger partial charge on any atom is 0.547 e. The number of hydrogen-bond donors (Lipinski definition) is 3. The van der Waals surface area contributed by atoms with E-state index in [2.05, 4.69) is 21.9 Å². The van der Waals surface area contributed by atoms with Crippen LogP contribution in [0.3, 0.4) is 0 Å². The maximum atomic E-state index is 10.8. The standard InChI is InChI=1S/C8H10N5O5P/c1-5(18-4-19(16)17)2-10-8-6(13(14)15)7(9)11-3-12-8/h3H,1-2,4H2,(H3-,9,10,11,12,16,17)/p+1. The van der Waals surface area contributed by atoms with Gasteiger partial charge in [-0.3, -0.25) is 10.1 Å². The fraction of sp³-hybridized carbons (Fsp3) is 0.250. The number of nitrogens with one attached hydrogen (secondary N) is 1. The average Bonchev–Trinajstić information content (AvgIpc) is 2.33. The number of nitrogen functional groups attached to an aromatic ring is 1. The number of hydrogen-bond acceptors (Lipinski definition) is 8. The number of anilines is 2. The largest absolute Gasteiger partial charge is 0.547 e. The van der Waals surface area contributed by atoms with Crippen LogP contribution >= 0.6 is 8.03 Å². The molecule has 10 nitrogen and oxygen atoms in total. The molecule has 0 fully saturated rings. The molecule has 0 bridgehead atoms. The number of nitrogens with two attached hydrogens (primary N) is 1. The monoisotopic (exact) mass is 288 g/mol. The summed E-state index contributed by atoms with van der Waals surface area (Å²) in [6.07, 6.45) is 0.669. The third kappa shape index (κ3) is 4.45. The Kier molecular flexibility index (Phi) is 5.10. The number of ether oxygens (including phenoxy) is 1. The molecule has 4 N–H and O–H groups in total. The van der Waals surface area contributed by atoms with E-state index in [1.807, 2.05) is 0 Å². The quantitative estimate of drug-likeness (QED) is 0.283. The third-order valence-corrected chi connectivity index (χ3v) is 2.22. The molecule has 1 atom stereocenters. The van der Waals surface area contributed by atoms with Crippen LogP contribution in [0.15, 0.2) is 18.7 Å². The van der Waals surface area contributed by atoms with Gasteiger partial charge in [-0.25, -0.2) is 9.97 Å². The van der Waals surface area contributed by atoms with E-state index in [-0.39, 0.29) is 23.9 Å². The van der Waals surface area contributed by atoms with Crippen LogP contribution in [0.5, 0.6) is 0 Å². The molecule has 0 aliphatic heterocycles. The molecule has 1 unspecified atom stereocenters. The van der Waals surface area contributed by atoms with E-state index in [0.29, 0.717) is 0 Å². The number of nitrogens with zero attached hydrogens (tertiary/aromatic N) is 3. The Bertz CT molecular complexity index is 522. The molecule has 1 heterocycles. The highest BCUT2D eigenvalue weighted by molar-refractivity contribution is 7.37. The van der Waals surface area contributed by atoms with E-state index in [9.17, 15) is 14.7 Å². The lowest BCUT2D eigenvalue weighted by atomic mass is 10.4. The van der Waals surface area contributed by atoms with Crippen LogP contribution in [-0.4, -0.2) is 32.7 Å². The molecule has 0 saturated carbocycles. The lowest BCUT2D eigenvalue weighted by Crippen LogP contribution is -2.11. The van der Waals surface area contributed by atoms with Crippen molar-refractivity contribution in [2.45, 2.75) is 0 Å². The van der Waals surface area contributed by atoms with Crippen molar-refractivity contribution in [2.75, 3.05) is 23.9 Å². The molecule has 0 amide bonds. The minimum absolute atomic E-state index is 0.0273. The molecule has 1 aromatic heterocycles. The molecule has 0 spiro atoms. The molecule has 11 heteroatoms. The van der Waals surface area contributed by atoms with Crippen molar-refractivity contribution in [3.05, 3.63) is 28.8 Å². The predicted octanol–water partition coefficient (Wildman–Crippen LogP) is 0.601. The zero-order chi connectivity index (χ0) is 14.4. The molecule has 0 saturated heterocycles. The van der Waals surface area contributed by atoms with E-state index >= 15 is 0 Å². The normalized spacial score (nSPS) is 10.7. The Hall–Kier alpha value is -2.32. The van der Waals surface area contributed by atoms with Crippen molar-refractivity contribution < 1.29 is 19.1 Å². The Morgan fingerprint density at radius 3 is 2.95 bits per heavy atom. The van der Waals surface area contributed by atoms with Crippen molar-refractivity contribution in [3.63, 3.8) is 0 Å². The first-order chi connectivity index (χ1) is 8.91. The van der Waals surface area contributed by atoms with Crippen LogP contribution in [-0.2, 0) is 9.30 Å². The van der Waals surface area contributed by atoms with Crippen molar-refractivity contribution in [2.24, 2.45) is 0 Å². The fourth-order valence-electron chi connectivity index (χ4n) is 1.08. The molecule has 0 aromatic carbocycles. The van der Waals surface area contributed by atoms with E-state index in [1.165, 1.54) is 0 Å². The highest BCUT2D eigenvalue weighted by atomic mass is 31.1. The van der Waals surface area contributed by atoms with Crippen molar-refractivity contribution >= 4 is 25.4 Å². The summed E-state index contributed by atoms with van der Waals surface area (Å²) in [7, 11) is -2.43. The first-order valence-corrected chi connectivity index (χ1v) is 6.24. The van der Waals surface area contributed by atoms with Gasteiger partial charge < -0.3 is 15.8 Å². The Morgan fingerprint density at radius 1 is 1.68 bits per heavy atom. The molecule has 0 radical (unpaired) electrons. The zero-order valence-electron chi connectivity index (χ0n) is 9.65. The SMILES string of the molecule is C=C(CNc1ncnc(N)c1[N+](=O)[O-])OC[P+](=O)O. The second-order valence-corrected chi connectivity index (χ2v) is 4.19. The van der Waals surface area contributed by atoms with Crippen LogP contribution in [0, 0.1) is 10.1 Å². The molecule has 1 rings (SSSR count). The van der Waals surface area contributed by atoms with Gasteiger partial charge in [0.05, 0.1) is 11.5 Å². The van der Waals surface area contributed by atoms with Crippen molar-refractivity contribution in [1.82, 2.24) is 9.97 Å². The predicted molar refractivity (Wildman–Crippen MR) is 66.5 cm³/mol. The van der Waals surface area contributed by atoms with Gasteiger partial charge in [0.1, 0.15) is 12.1 Å². The summed E-state index contributed by atoms with van der Waals surface area (Å²) in [5.41, 5.74) is 4.91. The highest BCUT2D eigenvalue weighted by Crippen LogP contribution is 2.26. The van der Waals surface area contributed by atoms with Gasteiger partial charge in [0.25, 0.3) is 0 Å². The van der Waals surface area contributed by atoms with Gasteiger partial charge in [-0.15, -0.1) is 0 Å². The van der Waals surface area contributed by atoms with Gasteiger partial charge in [0.2, 0.25) is 11.6 Å². The van der Waals surface area contributed by atoms with Gasteiger partial charge in [0.15, 0.2) is 0 Å². The minimum Gasteiger partial charge on any atom is -0.450 e. The number of rotatable bonds is 7. The topological polar surface area (TPSA) is 154 Å². The Morgan fingerprint density at radius 2 is 2.37 bits per heavy atom. The van der Waals surface area contributed by atoms with Gasteiger partial charge in [-0.1, -0.05) is 6.58 Å². The second-order valence-electron chi connectivity index (χ2n) is 3.23. The average molecular weight is 288 g/mol. The van der Waals surface area contributed by atoms with E-state index in [1.54, 1.807) is 0 Å². The Labute approximate surface area is 108 Å². The van der Waals surface area contributed by atoms with Crippen LogP contribution in [0.25, 0.3) is 0 Å². The van der Waals surface area contributed by atoms with Crippen LogP contribution < -0.4 is 11.1 Å². The van der Waals surface area contributed by atoms with Crippen molar-refractivity contribution in [1.29, 1.82) is 0 Å². The third-order valence-electron chi connectivity index (χ3n) is 1.87. The lowest BCUT2D eigenvalue weighted by Gasteiger charge is -2.07. The fourth-order valence-corrected chi connectivity index (χ4v) is 1.37. The first-order valence-electron chi connectivity index (χ1n) is 4.84. The summed E-state index contributed by atoms with van der Waals surface area (Å²) in [5, 5.41) is 13.4. The van der Waals surface area contributed by atoms with Gasteiger partial charge in [-0.2, -0.15) is 4.89 Å². The zero-order valence-corrected chi connectivity index (χ0v) is 10.5. The van der Waals surface area contributed by atoms with Crippen LogP contribution in [0.4, 0.5) is 17.3 Å². The maximum absolute atomic E-state index is 10.8. The summed E-state index contributed by atoms with van der Waals surface area (Å²) >= 11 is 0. The molecule has 19 heavy (non-hydrogen) atoms. The summed E-state index contributed by atoms with van der Waals surface area (Å²) in [5.74, 6) is -0.230. The van der Waals surface area contributed by atoms with Gasteiger partial charge >= 0.3 is 20.1 Å². The smallest absolute Gasteiger partial charge is 0.450 e. The first kappa shape index (κ1) is 14.7.